The zero-order valence-corrected chi connectivity index (χ0v) is 11.6. The first-order valence-corrected chi connectivity index (χ1v) is 6.75. The van der Waals surface area contributed by atoms with Crippen molar-refractivity contribution in [3.05, 3.63) is 0 Å². The molecule has 0 aliphatic rings. The number of hydrogen-bond acceptors (Lipinski definition) is 1. The summed E-state index contributed by atoms with van der Waals surface area (Å²) in [4.78, 5) is 2.37. The Balaban J connectivity index is 4.30. The molecule has 0 radical (unpaired) electrons. The van der Waals surface area contributed by atoms with Crippen LogP contribution < -0.4 is 0 Å². The minimum atomic E-state index is 0.593. The van der Waals surface area contributed by atoms with Crippen LogP contribution in [-0.2, 0) is 0 Å². The van der Waals surface area contributed by atoms with Crippen LogP contribution in [0.2, 0.25) is 0 Å². The third-order valence-corrected chi connectivity index (χ3v) is 3.52. The Hall–Kier alpha value is -0.0400. The van der Waals surface area contributed by atoms with Gasteiger partial charge in [0.15, 0.2) is 0 Å². The maximum absolute atomic E-state index is 2.37. The largest absolute Gasteiger partial charge is 0.309 e. The zero-order valence-electron chi connectivity index (χ0n) is 11.6. The van der Waals surface area contributed by atoms with E-state index in [0.717, 1.165) is 0 Å². The smallest absolute Gasteiger partial charge is 0.00318 e. The standard InChI is InChI=1S/C14H31N/c1-6-9-11-14(8-3,12-10-7-2)13-15(4)5/h6-13H2,1-5H3. The highest BCUT2D eigenvalue weighted by atomic mass is 15.1. The SMILES string of the molecule is CCCCC(CC)(CCCC)CN(C)C. The molecule has 0 rings (SSSR count). The monoisotopic (exact) mass is 213 g/mol. The van der Waals surface area contributed by atoms with Gasteiger partial charge in [-0.2, -0.15) is 0 Å². The molecular weight excluding hydrogens is 182 g/mol. The molecule has 0 aliphatic carbocycles. The second kappa shape index (κ2) is 8.15. The molecule has 92 valence electrons. The van der Waals surface area contributed by atoms with Gasteiger partial charge in [0.2, 0.25) is 0 Å². The van der Waals surface area contributed by atoms with E-state index in [1.54, 1.807) is 0 Å². The summed E-state index contributed by atoms with van der Waals surface area (Å²) < 4.78 is 0. The second-order valence-corrected chi connectivity index (χ2v) is 5.30. The van der Waals surface area contributed by atoms with Crippen molar-refractivity contribution in [2.24, 2.45) is 5.41 Å². The van der Waals surface area contributed by atoms with Crippen LogP contribution >= 0.6 is 0 Å². The van der Waals surface area contributed by atoms with E-state index in [1.807, 2.05) is 0 Å². The predicted octanol–water partition coefficient (Wildman–Crippen LogP) is 4.32. The normalized spacial score (nSPS) is 12.4. The van der Waals surface area contributed by atoms with Gasteiger partial charge in [-0.25, -0.2) is 0 Å². The summed E-state index contributed by atoms with van der Waals surface area (Å²) in [7, 11) is 4.42. The van der Waals surface area contributed by atoms with E-state index < -0.39 is 0 Å². The van der Waals surface area contributed by atoms with Crippen LogP contribution in [-0.4, -0.2) is 25.5 Å². The van der Waals surface area contributed by atoms with Gasteiger partial charge in [0, 0.05) is 6.54 Å². The molecule has 0 fully saturated rings. The van der Waals surface area contributed by atoms with Gasteiger partial charge in [-0.15, -0.1) is 0 Å². The molecule has 1 heteroatoms. The van der Waals surface area contributed by atoms with E-state index >= 15 is 0 Å². The molecule has 0 spiro atoms. The molecule has 0 atom stereocenters. The van der Waals surface area contributed by atoms with Crippen LogP contribution in [0.4, 0.5) is 0 Å². The van der Waals surface area contributed by atoms with E-state index in [0.29, 0.717) is 5.41 Å². The minimum absolute atomic E-state index is 0.593. The lowest BCUT2D eigenvalue weighted by atomic mass is 9.75. The molecule has 0 saturated carbocycles. The van der Waals surface area contributed by atoms with Crippen molar-refractivity contribution in [1.29, 1.82) is 0 Å². The molecule has 15 heavy (non-hydrogen) atoms. The maximum Gasteiger partial charge on any atom is 0.00318 e. The van der Waals surface area contributed by atoms with Gasteiger partial charge in [-0.1, -0.05) is 46.5 Å². The molecule has 0 aromatic rings. The Bertz CT molecular complexity index is 132. The average Bonchev–Trinajstić information content (AvgIpc) is 2.22. The number of unbranched alkanes of at least 4 members (excludes halogenated alkanes) is 2. The third kappa shape index (κ3) is 6.19. The van der Waals surface area contributed by atoms with Gasteiger partial charge in [-0.3, -0.25) is 0 Å². The van der Waals surface area contributed by atoms with E-state index in [2.05, 4.69) is 39.8 Å². The van der Waals surface area contributed by atoms with Crippen molar-refractivity contribution in [3.8, 4) is 0 Å². The minimum Gasteiger partial charge on any atom is -0.309 e. The Morgan fingerprint density at radius 1 is 0.867 bits per heavy atom. The molecule has 0 aliphatic heterocycles. The van der Waals surface area contributed by atoms with Gasteiger partial charge in [0.1, 0.15) is 0 Å². The van der Waals surface area contributed by atoms with E-state index in [4.69, 9.17) is 0 Å². The van der Waals surface area contributed by atoms with Crippen molar-refractivity contribution >= 4 is 0 Å². The highest BCUT2D eigenvalue weighted by molar-refractivity contribution is 4.80. The summed E-state index contributed by atoms with van der Waals surface area (Å²) in [5, 5.41) is 0. The summed E-state index contributed by atoms with van der Waals surface area (Å²) in [6, 6.07) is 0. The first-order valence-electron chi connectivity index (χ1n) is 6.75. The molecule has 0 unspecified atom stereocenters. The Labute approximate surface area is 97.2 Å². The summed E-state index contributed by atoms with van der Waals surface area (Å²) in [6.45, 7) is 8.24. The topological polar surface area (TPSA) is 3.24 Å². The number of hydrogen-bond donors (Lipinski definition) is 0. The fourth-order valence-corrected chi connectivity index (χ4v) is 2.52. The van der Waals surface area contributed by atoms with E-state index in [1.165, 1.54) is 51.5 Å². The van der Waals surface area contributed by atoms with Crippen molar-refractivity contribution in [1.82, 2.24) is 4.90 Å². The number of nitrogens with zero attached hydrogens (tertiary/aromatic N) is 1. The van der Waals surface area contributed by atoms with Gasteiger partial charge in [0.25, 0.3) is 0 Å². The molecule has 0 bridgehead atoms. The predicted molar refractivity (Wildman–Crippen MR) is 70.3 cm³/mol. The average molecular weight is 213 g/mol. The quantitative estimate of drug-likeness (QED) is 0.551. The van der Waals surface area contributed by atoms with E-state index in [-0.39, 0.29) is 0 Å². The summed E-state index contributed by atoms with van der Waals surface area (Å²) in [5.41, 5.74) is 0.593. The lowest BCUT2D eigenvalue weighted by molar-refractivity contribution is 0.151. The van der Waals surface area contributed by atoms with Gasteiger partial charge >= 0.3 is 0 Å². The molecule has 0 heterocycles. The molecule has 0 N–H and O–H groups in total. The highest BCUT2D eigenvalue weighted by Crippen LogP contribution is 2.35. The first kappa shape index (κ1) is 15.0. The van der Waals surface area contributed by atoms with Crippen LogP contribution in [0.3, 0.4) is 0 Å². The molecule has 1 nitrogen and oxygen atoms in total. The van der Waals surface area contributed by atoms with Crippen LogP contribution in [0.15, 0.2) is 0 Å². The Morgan fingerprint density at radius 2 is 1.33 bits per heavy atom. The van der Waals surface area contributed by atoms with E-state index in [9.17, 15) is 0 Å². The van der Waals surface area contributed by atoms with Crippen molar-refractivity contribution in [2.45, 2.75) is 65.7 Å². The first-order chi connectivity index (χ1) is 7.10. The van der Waals surface area contributed by atoms with Gasteiger partial charge < -0.3 is 4.90 Å². The summed E-state index contributed by atoms with van der Waals surface area (Å²) in [6.07, 6.45) is 9.63. The highest BCUT2D eigenvalue weighted by Gasteiger charge is 2.27. The summed E-state index contributed by atoms with van der Waals surface area (Å²) in [5.74, 6) is 0. The van der Waals surface area contributed by atoms with Crippen LogP contribution in [0.5, 0.6) is 0 Å². The lowest BCUT2D eigenvalue weighted by Gasteiger charge is -2.35. The maximum atomic E-state index is 2.37. The fourth-order valence-electron chi connectivity index (χ4n) is 2.52. The van der Waals surface area contributed by atoms with Crippen LogP contribution in [0.1, 0.15) is 65.7 Å². The van der Waals surface area contributed by atoms with Gasteiger partial charge in [-0.05, 0) is 38.8 Å². The Kier molecular flexibility index (Phi) is 8.13. The molecule has 0 aromatic carbocycles. The van der Waals surface area contributed by atoms with Crippen molar-refractivity contribution in [2.75, 3.05) is 20.6 Å². The van der Waals surface area contributed by atoms with Crippen molar-refractivity contribution < 1.29 is 0 Å². The van der Waals surface area contributed by atoms with Crippen molar-refractivity contribution in [3.63, 3.8) is 0 Å². The lowest BCUT2D eigenvalue weighted by Crippen LogP contribution is -2.33. The molecule has 0 saturated heterocycles. The van der Waals surface area contributed by atoms with Gasteiger partial charge in [0.05, 0.1) is 0 Å². The second-order valence-electron chi connectivity index (χ2n) is 5.30. The summed E-state index contributed by atoms with van der Waals surface area (Å²) >= 11 is 0. The van der Waals surface area contributed by atoms with Crippen LogP contribution in [0, 0.1) is 5.41 Å². The zero-order chi connectivity index (χ0) is 11.7. The fraction of sp³-hybridized carbons (Fsp3) is 1.00. The molecular formula is C14H31N. The molecule has 0 amide bonds. The number of rotatable bonds is 9. The molecule has 0 aromatic heterocycles. The third-order valence-electron chi connectivity index (χ3n) is 3.52. The van der Waals surface area contributed by atoms with Crippen LogP contribution in [0.25, 0.3) is 0 Å². The Morgan fingerprint density at radius 3 is 1.60 bits per heavy atom.